The van der Waals surface area contributed by atoms with Crippen LogP contribution >= 0.6 is 11.6 Å². The molecule has 2 heterocycles. The number of rotatable bonds is 6. The zero-order valence-corrected chi connectivity index (χ0v) is 17.9. The molecule has 1 aromatic heterocycles. The Morgan fingerprint density at radius 1 is 0.938 bits per heavy atom. The van der Waals surface area contributed by atoms with Gasteiger partial charge in [0.2, 0.25) is 6.79 Å². The van der Waals surface area contributed by atoms with Gasteiger partial charge >= 0.3 is 0 Å². The van der Waals surface area contributed by atoms with Crippen molar-refractivity contribution in [2.75, 3.05) is 6.79 Å². The van der Waals surface area contributed by atoms with E-state index in [1.807, 2.05) is 42.5 Å². The number of nitrogens with one attached hydrogen (secondary N) is 1. The minimum atomic E-state index is -0.390. The summed E-state index contributed by atoms with van der Waals surface area (Å²) in [4.78, 5) is 13.3. The fourth-order valence-corrected chi connectivity index (χ4v) is 4.07. The zero-order valence-electron chi connectivity index (χ0n) is 17.1. The minimum absolute atomic E-state index is 0.179. The van der Waals surface area contributed by atoms with Crippen LogP contribution in [0.4, 0.5) is 4.39 Å². The molecular formula is C25H20ClFN2O3. The summed E-state index contributed by atoms with van der Waals surface area (Å²) in [6.07, 6.45) is 0. The number of halogens is 2. The highest BCUT2D eigenvalue weighted by Gasteiger charge is 2.14. The van der Waals surface area contributed by atoms with Crippen molar-refractivity contribution in [2.45, 2.75) is 19.6 Å². The van der Waals surface area contributed by atoms with E-state index in [9.17, 15) is 9.18 Å². The van der Waals surface area contributed by atoms with Crippen LogP contribution in [0.3, 0.4) is 0 Å². The van der Waals surface area contributed by atoms with Crippen molar-refractivity contribution in [3.05, 3.63) is 105 Å². The van der Waals surface area contributed by atoms with Gasteiger partial charge in [-0.05, 0) is 59.0 Å². The molecule has 1 N–H and O–H groups in total. The highest BCUT2D eigenvalue weighted by molar-refractivity contribution is 6.31. The van der Waals surface area contributed by atoms with E-state index in [-0.39, 0.29) is 18.9 Å². The summed E-state index contributed by atoms with van der Waals surface area (Å²) in [6.45, 7) is 1.41. The molecule has 0 bridgehead atoms. The van der Waals surface area contributed by atoms with E-state index in [0.717, 1.165) is 28.0 Å². The summed E-state index contributed by atoms with van der Waals surface area (Å²) in [6, 6.07) is 19.4. The summed E-state index contributed by atoms with van der Waals surface area (Å²) in [5, 5.41) is 4.67. The van der Waals surface area contributed by atoms with E-state index >= 15 is 0 Å². The smallest absolute Gasteiger partial charge is 0.255 e. The Morgan fingerprint density at radius 2 is 1.78 bits per heavy atom. The Balaban J connectivity index is 1.44. The standard InChI is InChI=1S/C25H20ClFN2O3/c26-21-4-2-1-3-18(21)14-29-22-11-20(27)7-6-17(22)10-19(25(29)30)13-28-12-16-5-8-23-24(9-16)32-15-31-23/h1-11,28H,12-15H2. The fraction of sp³-hybridized carbons (Fsp3) is 0.160. The Kier molecular flexibility index (Phi) is 5.55. The molecule has 162 valence electrons. The number of benzene rings is 3. The summed E-state index contributed by atoms with van der Waals surface area (Å²) in [5.74, 6) is 1.07. The average Bonchev–Trinajstić information content (AvgIpc) is 3.26. The molecule has 0 fully saturated rings. The molecule has 7 heteroatoms. The maximum Gasteiger partial charge on any atom is 0.255 e. The van der Waals surface area contributed by atoms with Gasteiger partial charge in [0, 0.05) is 23.7 Å². The topological polar surface area (TPSA) is 52.5 Å². The molecule has 0 amide bonds. The van der Waals surface area contributed by atoms with E-state index in [2.05, 4.69) is 5.32 Å². The molecule has 0 aliphatic carbocycles. The lowest BCUT2D eigenvalue weighted by Crippen LogP contribution is -2.28. The maximum atomic E-state index is 14.0. The molecule has 1 aliphatic heterocycles. The number of pyridine rings is 1. The third-order valence-electron chi connectivity index (χ3n) is 5.50. The second-order valence-electron chi connectivity index (χ2n) is 7.65. The third-order valence-corrected chi connectivity index (χ3v) is 5.87. The lowest BCUT2D eigenvalue weighted by atomic mass is 10.1. The number of nitrogens with zero attached hydrogens (tertiary/aromatic N) is 1. The van der Waals surface area contributed by atoms with Gasteiger partial charge in [-0.2, -0.15) is 0 Å². The maximum absolute atomic E-state index is 14.0. The highest BCUT2D eigenvalue weighted by atomic mass is 35.5. The van der Waals surface area contributed by atoms with Gasteiger partial charge in [-0.1, -0.05) is 35.9 Å². The van der Waals surface area contributed by atoms with E-state index in [1.54, 1.807) is 16.7 Å². The average molecular weight is 451 g/mol. The Bertz CT molecular complexity index is 1370. The number of fused-ring (bicyclic) bond motifs is 2. The molecule has 0 spiro atoms. The normalized spacial score (nSPS) is 12.4. The van der Waals surface area contributed by atoms with Crippen LogP contribution in [0.25, 0.3) is 10.9 Å². The van der Waals surface area contributed by atoms with E-state index in [4.69, 9.17) is 21.1 Å². The molecule has 0 radical (unpaired) electrons. The molecule has 5 rings (SSSR count). The van der Waals surface area contributed by atoms with Gasteiger partial charge in [0.25, 0.3) is 5.56 Å². The van der Waals surface area contributed by atoms with Crippen molar-refractivity contribution in [3.8, 4) is 11.5 Å². The van der Waals surface area contributed by atoms with Gasteiger partial charge < -0.3 is 19.4 Å². The highest BCUT2D eigenvalue weighted by Crippen LogP contribution is 2.32. The number of ether oxygens (including phenoxy) is 2. The number of hydrogen-bond acceptors (Lipinski definition) is 4. The molecule has 3 aromatic carbocycles. The van der Waals surface area contributed by atoms with Crippen LogP contribution in [0.15, 0.2) is 71.5 Å². The van der Waals surface area contributed by atoms with Gasteiger partial charge in [0.1, 0.15) is 5.82 Å². The Morgan fingerprint density at radius 3 is 2.66 bits per heavy atom. The second-order valence-corrected chi connectivity index (χ2v) is 8.05. The summed E-state index contributed by atoms with van der Waals surface area (Å²) < 4.78 is 26.3. The predicted molar refractivity (Wildman–Crippen MR) is 122 cm³/mol. The minimum Gasteiger partial charge on any atom is -0.454 e. The molecule has 0 unspecified atom stereocenters. The van der Waals surface area contributed by atoms with E-state index < -0.39 is 5.82 Å². The lowest BCUT2D eigenvalue weighted by molar-refractivity contribution is 0.174. The first-order chi connectivity index (χ1) is 15.6. The predicted octanol–water partition coefficient (Wildman–Crippen LogP) is 4.86. The number of aromatic nitrogens is 1. The molecule has 32 heavy (non-hydrogen) atoms. The van der Waals surface area contributed by atoms with Gasteiger partial charge in [-0.25, -0.2) is 4.39 Å². The van der Waals surface area contributed by atoms with Gasteiger partial charge in [0.15, 0.2) is 11.5 Å². The first kappa shape index (κ1) is 20.5. The molecule has 4 aromatic rings. The van der Waals surface area contributed by atoms with Crippen molar-refractivity contribution in [1.82, 2.24) is 9.88 Å². The van der Waals surface area contributed by atoms with Crippen LogP contribution in [0, 0.1) is 5.82 Å². The quantitative estimate of drug-likeness (QED) is 0.456. The van der Waals surface area contributed by atoms with Crippen LogP contribution in [0.5, 0.6) is 11.5 Å². The van der Waals surface area contributed by atoms with Crippen molar-refractivity contribution in [3.63, 3.8) is 0 Å². The molecule has 1 aliphatic rings. The van der Waals surface area contributed by atoms with E-state index in [1.165, 1.54) is 12.1 Å². The third kappa shape index (κ3) is 4.07. The first-order valence-electron chi connectivity index (χ1n) is 10.2. The van der Waals surface area contributed by atoms with Crippen LogP contribution in [-0.4, -0.2) is 11.4 Å². The van der Waals surface area contributed by atoms with Crippen LogP contribution < -0.4 is 20.3 Å². The van der Waals surface area contributed by atoms with Crippen LogP contribution in [-0.2, 0) is 19.6 Å². The largest absolute Gasteiger partial charge is 0.454 e. The monoisotopic (exact) mass is 450 g/mol. The second kappa shape index (κ2) is 8.65. The van der Waals surface area contributed by atoms with Crippen molar-refractivity contribution >= 4 is 22.5 Å². The Hall–Kier alpha value is -3.35. The summed E-state index contributed by atoms with van der Waals surface area (Å²) in [7, 11) is 0. The van der Waals surface area contributed by atoms with Gasteiger partial charge in [0.05, 0.1) is 12.1 Å². The van der Waals surface area contributed by atoms with Gasteiger partial charge in [-0.15, -0.1) is 0 Å². The molecule has 5 nitrogen and oxygen atoms in total. The Labute approximate surface area is 189 Å². The zero-order chi connectivity index (χ0) is 22.1. The summed E-state index contributed by atoms with van der Waals surface area (Å²) in [5.41, 5.74) is 2.77. The number of hydrogen-bond donors (Lipinski definition) is 1. The van der Waals surface area contributed by atoms with Crippen molar-refractivity contribution in [2.24, 2.45) is 0 Å². The van der Waals surface area contributed by atoms with Crippen molar-refractivity contribution < 1.29 is 13.9 Å². The van der Waals surface area contributed by atoms with Gasteiger partial charge in [-0.3, -0.25) is 4.79 Å². The first-order valence-corrected chi connectivity index (χ1v) is 10.6. The molecular weight excluding hydrogens is 431 g/mol. The lowest BCUT2D eigenvalue weighted by Gasteiger charge is -2.15. The molecule has 0 saturated carbocycles. The summed E-state index contributed by atoms with van der Waals surface area (Å²) >= 11 is 6.32. The molecule has 0 saturated heterocycles. The van der Waals surface area contributed by atoms with Crippen LogP contribution in [0.1, 0.15) is 16.7 Å². The van der Waals surface area contributed by atoms with E-state index in [0.29, 0.717) is 29.2 Å². The molecule has 0 atom stereocenters. The fourth-order valence-electron chi connectivity index (χ4n) is 3.88. The van der Waals surface area contributed by atoms with Crippen molar-refractivity contribution in [1.29, 1.82) is 0 Å². The van der Waals surface area contributed by atoms with Crippen LogP contribution in [0.2, 0.25) is 5.02 Å². The SMILES string of the molecule is O=c1c(CNCc2ccc3c(c2)OCO3)cc2ccc(F)cc2n1Cc1ccccc1Cl.